The molecule has 6 nitrogen and oxygen atoms in total. The summed E-state index contributed by atoms with van der Waals surface area (Å²) in [6.07, 6.45) is 1.60. The van der Waals surface area contributed by atoms with Gasteiger partial charge in [-0.2, -0.15) is 0 Å². The van der Waals surface area contributed by atoms with E-state index in [4.69, 9.17) is 9.47 Å². The molecule has 0 radical (unpaired) electrons. The molecule has 3 rings (SSSR count). The third-order valence-electron chi connectivity index (χ3n) is 3.99. The third-order valence-corrected chi connectivity index (χ3v) is 3.99. The molecule has 3 aromatic rings. The van der Waals surface area contributed by atoms with Crippen molar-refractivity contribution in [3.63, 3.8) is 0 Å². The molecule has 0 saturated heterocycles. The molecular weight excluding hydrogens is 342 g/mol. The van der Waals surface area contributed by atoms with Crippen LogP contribution in [0.15, 0.2) is 66.9 Å². The van der Waals surface area contributed by atoms with Crippen molar-refractivity contribution in [1.82, 2.24) is 4.98 Å². The summed E-state index contributed by atoms with van der Waals surface area (Å²) < 4.78 is 10.5. The van der Waals surface area contributed by atoms with Crippen molar-refractivity contribution in [1.29, 1.82) is 0 Å². The molecule has 0 spiro atoms. The molecule has 0 unspecified atom stereocenters. The van der Waals surface area contributed by atoms with Gasteiger partial charge >= 0.3 is 0 Å². The van der Waals surface area contributed by atoms with Gasteiger partial charge in [0.25, 0.3) is 5.91 Å². The van der Waals surface area contributed by atoms with E-state index in [0.717, 1.165) is 5.56 Å². The van der Waals surface area contributed by atoms with E-state index in [0.29, 0.717) is 35.1 Å². The fraction of sp³-hybridized carbons (Fsp3) is 0.143. The predicted molar refractivity (Wildman–Crippen MR) is 106 cm³/mol. The van der Waals surface area contributed by atoms with Crippen LogP contribution in [0.4, 0.5) is 11.5 Å². The number of hydrogen-bond donors (Lipinski definition) is 2. The lowest BCUT2D eigenvalue weighted by atomic mass is 10.2. The molecule has 0 aliphatic heterocycles. The highest BCUT2D eigenvalue weighted by atomic mass is 16.5. The normalized spacial score (nSPS) is 10.1. The van der Waals surface area contributed by atoms with Crippen molar-refractivity contribution < 1.29 is 14.3 Å². The molecule has 0 atom stereocenters. The molecule has 0 saturated carbocycles. The molecule has 1 aromatic heterocycles. The van der Waals surface area contributed by atoms with Crippen LogP contribution in [-0.2, 0) is 6.54 Å². The van der Waals surface area contributed by atoms with Gasteiger partial charge in [0.2, 0.25) is 0 Å². The summed E-state index contributed by atoms with van der Waals surface area (Å²) in [5.74, 6) is 1.56. The lowest BCUT2D eigenvalue weighted by Gasteiger charge is -2.12. The van der Waals surface area contributed by atoms with Gasteiger partial charge in [-0.25, -0.2) is 4.98 Å². The fourth-order valence-corrected chi connectivity index (χ4v) is 2.56. The maximum atomic E-state index is 12.6. The first-order valence-corrected chi connectivity index (χ1v) is 8.47. The SMILES string of the molecule is COc1ccc(OC)c(NC(=O)c2ccnc(NCc3ccccc3)c2)c1. The first-order valence-electron chi connectivity index (χ1n) is 8.47. The zero-order valence-electron chi connectivity index (χ0n) is 15.2. The average Bonchev–Trinajstić information content (AvgIpc) is 2.73. The van der Waals surface area contributed by atoms with E-state index in [2.05, 4.69) is 15.6 Å². The highest BCUT2D eigenvalue weighted by Gasteiger charge is 2.12. The molecule has 2 aromatic carbocycles. The minimum absolute atomic E-state index is 0.258. The Kier molecular flexibility index (Phi) is 5.89. The highest BCUT2D eigenvalue weighted by Crippen LogP contribution is 2.29. The number of carbonyl (C=O) groups is 1. The van der Waals surface area contributed by atoms with E-state index in [1.807, 2.05) is 30.3 Å². The number of aromatic nitrogens is 1. The number of nitrogens with zero attached hydrogens (tertiary/aromatic N) is 1. The number of amides is 1. The summed E-state index contributed by atoms with van der Waals surface area (Å²) in [7, 11) is 3.12. The van der Waals surface area contributed by atoms with Crippen LogP contribution in [0.1, 0.15) is 15.9 Å². The Morgan fingerprint density at radius 1 is 1.00 bits per heavy atom. The van der Waals surface area contributed by atoms with Gasteiger partial charge in [0.1, 0.15) is 17.3 Å². The Hall–Kier alpha value is -3.54. The first-order chi connectivity index (χ1) is 13.2. The number of carbonyl (C=O) groups excluding carboxylic acids is 1. The lowest BCUT2D eigenvalue weighted by Crippen LogP contribution is -2.13. The first kappa shape index (κ1) is 18.3. The van der Waals surface area contributed by atoms with Gasteiger partial charge in [-0.1, -0.05) is 30.3 Å². The minimum atomic E-state index is -0.258. The Morgan fingerprint density at radius 3 is 2.56 bits per heavy atom. The molecule has 0 aliphatic rings. The fourth-order valence-electron chi connectivity index (χ4n) is 2.56. The van der Waals surface area contributed by atoms with Gasteiger partial charge < -0.3 is 20.1 Å². The quantitative estimate of drug-likeness (QED) is 0.665. The number of ether oxygens (including phenoxy) is 2. The van der Waals surface area contributed by atoms with Crippen LogP contribution < -0.4 is 20.1 Å². The van der Waals surface area contributed by atoms with Crippen LogP contribution in [0.25, 0.3) is 0 Å². The predicted octanol–water partition coefficient (Wildman–Crippen LogP) is 3.96. The van der Waals surface area contributed by atoms with Crippen LogP contribution in [0.5, 0.6) is 11.5 Å². The summed E-state index contributed by atoms with van der Waals surface area (Å²) in [5.41, 5.74) is 2.16. The summed E-state index contributed by atoms with van der Waals surface area (Å²) >= 11 is 0. The van der Waals surface area contributed by atoms with Crippen molar-refractivity contribution >= 4 is 17.4 Å². The van der Waals surface area contributed by atoms with E-state index in [1.54, 1.807) is 50.7 Å². The molecule has 2 N–H and O–H groups in total. The summed E-state index contributed by atoms with van der Waals surface area (Å²) in [5, 5.41) is 6.08. The van der Waals surface area contributed by atoms with Crippen LogP contribution in [0, 0.1) is 0 Å². The third kappa shape index (κ3) is 4.76. The van der Waals surface area contributed by atoms with Crippen LogP contribution >= 0.6 is 0 Å². The second-order valence-corrected chi connectivity index (χ2v) is 5.79. The number of nitrogens with one attached hydrogen (secondary N) is 2. The molecule has 0 aliphatic carbocycles. The maximum Gasteiger partial charge on any atom is 0.255 e. The zero-order valence-corrected chi connectivity index (χ0v) is 15.2. The summed E-state index contributed by atoms with van der Waals surface area (Å²) in [4.78, 5) is 16.9. The van der Waals surface area contributed by atoms with Crippen molar-refractivity contribution in [2.24, 2.45) is 0 Å². The Bertz CT molecular complexity index is 914. The maximum absolute atomic E-state index is 12.6. The molecule has 6 heteroatoms. The average molecular weight is 363 g/mol. The zero-order chi connectivity index (χ0) is 19.1. The van der Waals surface area contributed by atoms with E-state index >= 15 is 0 Å². The lowest BCUT2D eigenvalue weighted by molar-refractivity contribution is 0.102. The molecule has 0 fully saturated rings. The van der Waals surface area contributed by atoms with Crippen LogP contribution in [-0.4, -0.2) is 25.1 Å². The van der Waals surface area contributed by atoms with E-state index < -0.39 is 0 Å². The summed E-state index contributed by atoms with van der Waals surface area (Å²) in [6.45, 7) is 0.628. The van der Waals surface area contributed by atoms with E-state index in [1.165, 1.54) is 0 Å². The molecule has 138 valence electrons. The van der Waals surface area contributed by atoms with Gasteiger partial charge in [-0.15, -0.1) is 0 Å². The van der Waals surface area contributed by atoms with Crippen LogP contribution in [0.2, 0.25) is 0 Å². The van der Waals surface area contributed by atoms with E-state index in [-0.39, 0.29) is 5.91 Å². The highest BCUT2D eigenvalue weighted by molar-refractivity contribution is 6.05. The number of anilines is 2. The molecule has 1 heterocycles. The smallest absolute Gasteiger partial charge is 0.255 e. The second-order valence-electron chi connectivity index (χ2n) is 5.79. The number of rotatable bonds is 7. The number of pyridine rings is 1. The topological polar surface area (TPSA) is 72.5 Å². The van der Waals surface area contributed by atoms with Gasteiger partial charge in [0.15, 0.2) is 0 Å². The summed E-state index contributed by atoms with van der Waals surface area (Å²) in [6, 6.07) is 18.6. The standard InChI is InChI=1S/C21H21N3O3/c1-26-17-8-9-19(27-2)18(13-17)24-21(25)16-10-11-22-20(12-16)23-14-15-6-4-3-5-7-15/h3-13H,14H2,1-2H3,(H,22,23)(H,24,25). The van der Waals surface area contributed by atoms with Gasteiger partial charge in [-0.05, 0) is 29.8 Å². The molecular formula is C21H21N3O3. The molecule has 1 amide bonds. The number of methoxy groups -OCH3 is 2. The van der Waals surface area contributed by atoms with Gasteiger partial charge in [-0.3, -0.25) is 4.79 Å². The number of hydrogen-bond acceptors (Lipinski definition) is 5. The van der Waals surface area contributed by atoms with Crippen molar-refractivity contribution in [3.05, 3.63) is 78.0 Å². The largest absolute Gasteiger partial charge is 0.497 e. The van der Waals surface area contributed by atoms with Crippen molar-refractivity contribution in [2.45, 2.75) is 6.54 Å². The Morgan fingerprint density at radius 2 is 1.81 bits per heavy atom. The van der Waals surface area contributed by atoms with E-state index in [9.17, 15) is 4.79 Å². The Labute approximate surface area is 158 Å². The van der Waals surface area contributed by atoms with Crippen molar-refractivity contribution in [3.8, 4) is 11.5 Å². The monoisotopic (exact) mass is 363 g/mol. The van der Waals surface area contributed by atoms with Gasteiger partial charge in [0.05, 0.1) is 19.9 Å². The Balaban J connectivity index is 1.72. The minimum Gasteiger partial charge on any atom is -0.497 e. The number of benzene rings is 2. The molecule has 0 bridgehead atoms. The second kappa shape index (κ2) is 8.71. The van der Waals surface area contributed by atoms with Gasteiger partial charge in [0, 0.05) is 24.4 Å². The molecule has 27 heavy (non-hydrogen) atoms. The van der Waals surface area contributed by atoms with Crippen molar-refractivity contribution in [2.75, 3.05) is 24.9 Å². The van der Waals surface area contributed by atoms with Crippen LogP contribution in [0.3, 0.4) is 0 Å².